The molecule has 2 N–H and O–H groups in total. The highest BCUT2D eigenvalue weighted by molar-refractivity contribution is 6.33. The van der Waals surface area contributed by atoms with Crippen LogP contribution in [0.2, 0.25) is 5.02 Å². The molecule has 0 saturated carbocycles. The number of hydrazine groups is 1. The molecule has 1 aliphatic heterocycles. The van der Waals surface area contributed by atoms with E-state index in [2.05, 4.69) is 10.9 Å². The highest BCUT2D eigenvalue weighted by atomic mass is 35.5. The van der Waals surface area contributed by atoms with Crippen LogP contribution in [0.25, 0.3) is 0 Å². The first-order valence-electron chi connectivity index (χ1n) is 10.9. The standard InChI is InChI=1S/C25H22ClN3O6/c1-14-5-4-7-18-21(14)24(33)29(23(18)32)16-11-9-15(10-12-16)25(34)35-13-20(30)27-28-22(31)17-6-2-3-8-19(17)26/h2-6,8-12,14,18,21H,7,13H2,1H3,(H,27,30)(H,28,31)/t14-,18+,21-/m1/s1. The van der Waals surface area contributed by atoms with Gasteiger partial charge >= 0.3 is 5.97 Å². The van der Waals surface area contributed by atoms with Crippen LogP contribution in [0.5, 0.6) is 0 Å². The quantitative estimate of drug-likeness (QED) is 0.284. The molecule has 0 aromatic heterocycles. The van der Waals surface area contributed by atoms with Gasteiger partial charge in [-0.15, -0.1) is 0 Å². The molecule has 1 fully saturated rings. The number of esters is 1. The molecule has 1 heterocycles. The van der Waals surface area contributed by atoms with Gasteiger partial charge in [-0.3, -0.25) is 34.9 Å². The predicted octanol–water partition coefficient (Wildman–Crippen LogP) is 2.66. The third-order valence-electron chi connectivity index (χ3n) is 6.00. The van der Waals surface area contributed by atoms with Crippen molar-refractivity contribution in [1.82, 2.24) is 10.9 Å². The second-order valence-corrected chi connectivity index (χ2v) is 8.68. The zero-order chi connectivity index (χ0) is 25.1. The van der Waals surface area contributed by atoms with Crippen LogP contribution >= 0.6 is 11.6 Å². The highest BCUT2D eigenvalue weighted by Gasteiger charge is 2.50. The Morgan fingerprint density at radius 1 is 1.03 bits per heavy atom. The number of imide groups is 1. The summed E-state index contributed by atoms with van der Waals surface area (Å²) in [6, 6.07) is 12.1. The summed E-state index contributed by atoms with van der Waals surface area (Å²) in [5.74, 6) is -3.43. The molecular formula is C25H22ClN3O6. The number of hydrogen-bond acceptors (Lipinski definition) is 6. The number of anilines is 1. The molecule has 9 nitrogen and oxygen atoms in total. The van der Waals surface area contributed by atoms with Crippen molar-refractivity contribution in [2.24, 2.45) is 17.8 Å². The Morgan fingerprint density at radius 2 is 1.74 bits per heavy atom. The fourth-order valence-electron chi connectivity index (χ4n) is 4.24. The first-order chi connectivity index (χ1) is 16.8. The average Bonchev–Trinajstić information content (AvgIpc) is 3.12. The van der Waals surface area contributed by atoms with E-state index in [1.165, 1.54) is 41.3 Å². The van der Waals surface area contributed by atoms with Gasteiger partial charge in [0, 0.05) is 0 Å². The molecule has 3 atom stereocenters. The van der Waals surface area contributed by atoms with Crippen LogP contribution < -0.4 is 15.8 Å². The Kier molecular flexibility index (Phi) is 6.97. The maximum atomic E-state index is 12.9. The van der Waals surface area contributed by atoms with Gasteiger partial charge in [-0.2, -0.15) is 0 Å². The zero-order valence-electron chi connectivity index (χ0n) is 18.7. The Labute approximate surface area is 206 Å². The molecule has 4 rings (SSSR count). The Morgan fingerprint density at radius 3 is 2.43 bits per heavy atom. The van der Waals surface area contributed by atoms with Crippen LogP contribution in [0.1, 0.15) is 34.1 Å². The molecule has 0 spiro atoms. The molecule has 2 aromatic carbocycles. The number of carbonyl (C=O) groups is 5. The summed E-state index contributed by atoms with van der Waals surface area (Å²) in [6.07, 6.45) is 4.41. The zero-order valence-corrected chi connectivity index (χ0v) is 19.5. The number of nitrogens with one attached hydrogen (secondary N) is 2. The minimum atomic E-state index is -0.783. The second-order valence-electron chi connectivity index (χ2n) is 8.27. The van der Waals surface area contributed by atoms with E-state index in [1.807, 2.05) is 19.1 Å². The lowest BCUT2D eigenvalue weighted by molar-refractivity contribution is -0.125. The average molecular weight is 496 g/mol. The van der Waals surface area contributed by atoms with Crippen molar-refractivity contribution in [2.75, 3.05) is 11.5 Å². The minimum absolute atomic E-state index is 0.0231. The molecule has 4 amide bonds. The van der Waals surface area contributed by atoms with Crippen molar-refractivity contribution >= 4 is 46.9 Å². The first kappa shape index (κ1) is 24.2. The number of ether oxygens (including phenoxy) is 1. The monoisotopic (exact) mass is 495 g/mol. The number of amides is 4. The molecule has 2 aromatic rings. The Bertz CT molecular complexity index is 1230. The van der Waals surface area contributed by atoms with Gasteiger partial charge in [0.15, 0.2) is 6.61 Å². The van der Waals surface area contributed by atoms with Crippen LogP contribution in [-0.4, -0.2) is 36.2 Å². The van der Waals surface area contributed by atoms with Gasteiger partial charge in [-0.25, -0.2) is 4.79 Å². The second kappa shape index (κ2) is 10.1. The predicted molar refractivity (Wildman–Crippen MR) is 126 cm³/mol. The lowest BCUT2D eigenvalue weighted by Gasteiger charge is -2.22. The summed E-state index contributed by atoms with van der Waals surface area (Å²) in [6.45, 7) is 1.28. The summed E-state index contributed by atoms with van der Waals surface area (Å²) < 4.78 is 4.97. The van der Waals surface area contributed by atoms with Crippen molar-refractivity contribution < 1.29 is 28.7 Å². The van der Waals surface area contributed by atoms with Crippen LogP contribution in [-0.2, 0) is 19.1 Å². The van der Waals surface area contributed by atoms with Crippen molar-refractivity contribution in [3.8, 4) is 0 Å². The summed E-state index contributed by atoms with van der Waals surface area (Å²) in [7, 11) is 0. The summed E-state index contributed by atoms with van der Waals surface area (Å²) in [5, 5.41) is 0.219. The molecule has 2 aliphatic rings. The van der Waals surface area contributed by atoms with E-state index in [0.717, 1.165) is 0 Å². The largest absolute Gasteiger partial charge is 0.452 e. The van der Waals surface area contributed by atoms with Crippen LogP contribution in [0.3, 0.4) is 0 Å². The van der Waals surface area contributed by atoms with E-state index in [0.29, 0.717) is 12.1 Å². The van der Waals surface area contributed by atoms with Gasteiger partial charge in [0.25, 0.3) is 11.8 Å². The van der Waals surface area contributed by atoms with Crippen molar-refractivity contribution in [1.29, 1.82) is 0 Å². The number of allylic oxidation sites excluding steroid dienone is 2. The number of carbonyl (C=O) groups excluding carboxylic acids is 5. The minimum Gasteiger partial charge on any atom is -0.452 e. The molecule has 0 radical (unpaired) electrons. The number of nitrogens with zero attached hydrogens (tertiary/aromatic N) is 1. The normalized spacial score (nSPS) is 20.9. The fraction of sp³-hybridized carbons (Fsp3) is 0.240. The smallest absolute Gasteiger partial charge is 0.338 e. The molecule has 35 heavy (non-hydrogen) atoms. The first-order valence-corrected chi connectivity index (χ1v) is 11.3. The molecule has 1 aliphatic carbocycles. The van der Waals surface area contributed by atoms with Crippen molar-refractivity contribution in [3.63, 3.8) is 0 Å². The topological polar surface area (TPSA) is 122 Å². The van der Waals surface area contributed by atoms with Crippen LogP contribution in [0, 0.1) is 17.8 Å². The lowest BCUT2D eigenvalue weighted by Crippen LogP contribution is -2.43. The van der Waals surface area contributed by atoms with Crippen molar-refractivity contribution in [2.45, 2.75) is 13.3 Å². The van der Waals surface area contributed by atoms with Gasteiger partial charge in [0.2, 0.25) is 11.8 Å². The Balaban J connectivity index is 1.30. The van der Waals surface area contributed by atoms with Gasteiger partial charge < -0.3 is 4.74 Å². The number of halogens is 1. The van der Waals surface area contributed by atoms with Crippen LogP contribution in [0.15, 0.2) is 60.7 Å². The van der Waals surface area contributed by atoms with E-state index < -0.39 is 24.4 Å². The van der Waals surface area contributed by atoms with E-state index in [4.69, 9.17) is 16.3 Å². The number of fused-ring (bicyclic) bond motifs is 1. The number of rotatable bonds is 5. The molecular weight excluding hydrogens is 474 g/mol. The highest BCUT2D eigenvalue weighted by Crippen LogP contribution is 2.40. The Hall–Kier alpha value is -3.98. The van der Waals surface area contributed by atoms with Gasteiger partial charge in [0.1, 0.15) is 0 Å². The summed E-state index contributed by atoms with van der Waals surface area (Å²) >= 11 is 5.93. The van der Waals surface area contributed by atoms with E-state index in [9.17, 15) is 24.0 Å². The molecule has 10 heteroatoms. The van der Waals surface area contributed by atoms with Gasteiger partial charge in [-0.05, 0) is 48.7 Å². The van der Waals surface area contributed by atoms with E-state index in [-0.39, 0.29) is 45.7 Å². The molecule has 180 valence electrons. The van der Waals surface area contributed by atoms with Crippen molar-refractivity contribution in [3.05, 3.63) is 76.8 Å². The maximum absolute atomic E-state index is 12.9. The third kappa shape index (κ3) is 4.95. The number of benzene rings is 2. The third-order valence-corrected chi connectivity index (χ3v) is 6.33. The SMILES string of the molecule is C[C@@H]1C=CC[C@@H]2C(=O)N(c3ccc(C(=O)OCC(=O)NNC(=O)c4ccccc4Cl)cc3)C(=O)[C@H]12. The molecule has 0 bridgehead atoms. The van der Waals surface area contributed by atoms with Gasteiger partial charge in [0.05, 0.1) is 33.7 Å². The molecule has 0 unspecified atom stereocenters. The summed E-state index contributed by atoms with van der Waals surface area (Å²) in [5.41, 5.74) is 5.00. The summed E-state index contributed by atoms with van der Waals surface area (Å²) in [4.78, 5) is 63.1. The van der Waals surface area contributed by atoms with E-state index in [1.54, 1.807) is 12.1 Å². The van der Waals surface area contributed by atoms with Gasteiger partial charge in [-0.1, -0.05) is 42.8 Å². The van der Waals surface area contributed by atoms with E-state index >= 15 is 0 Å². The molecule has 1 saturated heterocycles. The number of hydrogen-bond donors (Lipinski definition) is 2. The maximum Gasteiger partial charge on any atom is 0.338 e. The fourth-order valence-corrected chi connectivity index (χ4v) is 4.46. The lowest BCUT2D eigenvalue weighted by atomic mass is 9.78. The van der Waals surface area contributed by atoms with Crippen LogP contribution in [0.4, 0.5) is 5.69 Å².